The fourth-order valence-corrected chi connectivity index (χ4v) is 4.41. The monoisotopic (exact) mass is 343 g/mol. The summed E-state index contributed by atoms with van der Waals surface area (Å²) in [4.78, 5) is 17.1. The number of thiophene rings is 1. The molecule has 3 aromatic rings. The molecule has 5 heteroatoms. The standard InChI is InChI=1S/C18H15ClN2OS/c1-20(10-13-8-9-16(19)23-13)11-21-15-7-3-5-12-4-2-6-14(17(12)15)18(21)22/h2-9H,10-11H2,1H3/p+1. The van der Waals surface area contributed by atoms with Gasteiger partial charge in [-0.3, -0.25) is 9.69 Å². The first-order valence-electron chi connectivity index (χ1n) is 7.52. The lowest BCUT2D eigenvalue weighted by molar-refractivity contribution is -0.892. The zero-order valence-electron chi connectivity index (χ0n) is 12.7. The van der Waals surface area contributed by atoms with Crippen molar-refractivity contribution in [2.24, 2.45) is 0 Å². The zero-order chi connectivity index (χ0) is 16.0. The molecule has 1 unspecified atom stereocenters. The van der Waals surface area contributed by atoms with Gasteiger partial charge < -0.3 is 4.90 Å². The van der Waals surface area contributed by atoms with Crippen LogP contribution in [0.3, 0.4) is 0 Å². The van der Waals surface area contributed by atoms with Crippen molar-refractivity contribution >= 4 is 45.3 Å². The average Bonchev–Trinajstić information content (AvgIpc) is 3.06. The highest BCUT2D eigenvalue weighted by Gasteiger charge is 2.31. The molecule has 0 radical (unpaired) electrons. The predicted molar refractivity (Wildman–Crippen MR) is 95.5 cm³/mol. The van der Waals surface area contributed by atoms with Crippen molar-refractivity contribution in [3.8, 4) is 0 Å². The number of nitrogens with one attached hydrogen (secondary N) is 1. The van der Waals surface area contributed by atoms with E-state index < -0.39 is 0 Å². The van der Waals surface area contributed by atoms with E-state index in [1.807, 2.05) is 35.2 Å². The summed E-state index contributed by atoms with van der Waals surface area (Å²) in [5, 5.41) is 2.20. The smallest absolute Gasteiger partial charge is 0.263 e. The number of carbonyl (C=O) groups excluding carboxylic acids is 1. The summed E-state index contributed by atoms with van der Waals surface area (Å²) in [7, 11) is 2.10. The highest BCUT2D eigenvalue weighted by molar-refractivity contribution is 7.16. The molecule has 1 aliphatic rings. The Labute approximate surface area is 143 Å². The molecule has 2 aromatic carbocycles. The molecule has 0 saturated carbocycles. The number of amides is 1. The molecule has 0 fully saturated rings. The Balaban J connectivity index is 1.61. The molecule has 2 heterocycles. The lowest BCUT2D eigenvalue weighted by Crippen LogP contribution is -3.09. The van der Waals surface area contributed by atoms with E-state index in [-0.39, 0.29) is 5.91 Å². The molecule has 1 N–H and O–H groups in total. The number of carbonyl (C=O) groups is 1. The summed E-state index contributed by atoms with van der Waals surface area (Å²) in [6, 6.07) is 16.0. The molecule has 1 atom stereocenters. The average molecular weight is 344 g/mol. The Morgan fingerprint density at radius 3 is 2.65 bits per heavy atom. The second kappa shape index (κ2) is 5.64. The third kappa shape index (κ3) is 2.53. The van der Waals surface area contributed by atoms with E-state index in [4.69, 9.17) is 11.6 Å². The lowest BCUT2D eigenvalue weighted by atomic mass is 10.1. The minimum Gasteiger partial charge on any atom is -0.315 e. The summed E-state index contributed by atoms with van der Waals surface area (Å²) in [5.41, 5.74) is 1.83. The third-order valence-corrected chi connectivity index (χ3v) is 5.41. The molecule has 1 aliphatic heterocycles. The number of halogens is 1. The maximum Gasteiger partial charge on any atom is 0.263 e. The van der Waals surface area contributed by atoms with Gasteiger partial charge in [-0.25, -0.2) is 0 Å². The highest BCUT2D eigenvalue weighted by atomic mass is 35.5. The van der Waals surface area contributed by atoms with Crippen molar-refractivity contribution in [1.29, 1.82) is 0 Å². The van der Waals surface area contributed by atoms with E-state index in [2.05, 4.69) is 25.2 Å². The van der Waals surface area contributed by atoms with Crippen LogP contribution in [0.4, 0.5) is 5.69 Å². The molecule has 0 saturated heterocycles. The van der Waals surface area contributed by atoms with Gasteiger partial charge in [0.05, 0.1) is 27.5 Å². The minimum absolute atomic E-state index is 0.0976. The van der Waals surface area contributed by atoms with Gasteiger partial charge in [-0.15, -0.1) is 11.3 Å². The van der Waals surface area contributed by atoms with Crippen LogP contribution in [-0.2, 0) is 6.54 Å². The van der Waals surface area contributed by atoms with Gasteiger partial charge in [-0.1, -0.05) is 35.9 Å². The summed E-state index contributed by atoms with van der Waals surface area (Å²) in [6.07, 6.45) is 0. The molecule has 116 valence electrons. The first-order chi connectivity index (χ1) is 11.1. The van der Waals surface area contributed by atoms with Gasteiger partial charge in [0, 0.05) is 5.39 Å². The summed E-state index contributed by atoms with van der Waals surface area (Å²) in [5.74, 6) is 0.0976. The van der Waals surface area contributed by atoms with Crippen molar-refractivity contribution in [2.75, 3.05) is 18.6 Å². The molecule has 1 amide bonds. The van der Waals surface area contributed by atoms with Crippen molar-refractivity contribution in [3.63, 3.8) is 0 Å². The Kier molecular flexibility index (Phi) is 3.60. The molecule has 0 aliphatic carbocycles. The Hall–Kier alpha value is -1.88. The number of rotatable bonds is 4. The quantitative estimate of drug-likeness (QED) is 0.773. The van der Waals surface area contributed by atoms with E-state index in [0.29, 0.717) is 6.67 Å². The van der Waals surface area contributed by atoms with Crippen LogP contribution in [0.15, 0.2) is 48.5 Å². The second-order valence-corrected chi connectivity index (χ2v) is 7.71. The highest BCUT2D eigenvalue weighted by Crippen LogP contribution is 2.36. The molecule has 0 bridgehead atoms. The Morgan fingerprint density at radius 2 is 1.91 bits per heavy atom. The fraction of sp³-hybridized carbons (Fsp3) is 0.167. The Bertz CT molecular complexity index is 900. The maximum absolute atomic E-state index is 12.8. The maximum atomic E-state index is 12.8. The van der Waals surface area contributed by atoms with Gasteiger partial charge in [0.1, 0.15) is 6.54 Å². The van der Waals surface area contributed by atoms with Crippen molar-refractivity contribution in [2.45, 2.75) is 6.54 Å². The SMILES string of the molecule is C[NH+](Cc1ccc(Cl)s1)CN1C(=O)c2cccc3cccc1c23. The number of hydrogen-bond acceptors (Lipinski definition) is 2. The molecule has 23 heavy (non-hydrogen) atoms. The van der Waals surface area contributed by atoms with Crippen molar-refractivity contribution in [1.82, 2.24) is 0 Å². The number of hydrogen-bond donors (Lipinski definition) is 1. The second-order valence-electron chi connectivity index (χ2n) is 5.91. The first-order valence-corrected chi connectivity index (χ1v) is 8.72. The molecule has 0 spiro atoms. The van der Waals surface area contributed by atoms with Crippen molar-refractivity contribution in [3.05, 3.63) is 63.3 Å². The number of quaternary nitrogens is 1. The van der Waals surface area contributed by atoms with E-state index >= 15 is 0 Å². The summed E-state index contributed by atoms with van der Waals surface area (Å²) >= 11 is 7.59. The molecule has 3 nitrogen and oxygen atoms in total. The third-order valence-electron chi connectivity index (χ3n) is 4.18. The normalized spacial score (nSPS) is 14.7. The molecule has 1 aromatic heterocycles. The van der Waals surface area contributed by atoms with Crippen LogP contribution < -0.4 is 9.80 Å². The van der Waals surface area contributed by atoms with Crippen molar-refractivity contribution < 1.29 is 9.69 Å². The van der Waals surface area contributed by atoms with Gasteiger partial charge >= 0.3 is 0 Å². The zero-order valence-corrected chi connectivity index (χ0v) is 14.2. The lowest BCUT2D eigenvalue weighted by Gasteiger charge is -2.22. The summed E-state index contributed by atoms with van der Waals surface area (Å²) < 4.78 is 0.808. The topological polar surface area (TPSA) is 24.8 Å². The van der Waals surface area contributed by atoms with Crippen LogP contribution in [0.1, 0.15) is 15.2 Å². The number of nitrogens with zero attached hydrogens (tertiary/aromatic N) is 1. The van der Waals surface area contributed by atoms with Crippen LogP contribution in [-0.4, -0.2) is 19.6 Å². The number of benzene rings is 2. The minimum atomic E-state index is 0.0976. The van der Waals surface area contributed by atoms with E-state index in [1.165, 1.54) is 9.78 Å². The largest absolute Gasteiger partial charge is 0.315 e. The fourth-order valence-electron chi connectivity index (χ4n) is 3.21. The molecule has 4 rings (SSSR count). The van der Waals surface area contributed by atoms with Gasteiger partial charge in [0.25, 0.3) is 5.91 Å². The van der Waals surface area contributed by atoms with Gasteiger partial charge in [-0.05, 0) is 29.7 Å². The molecular weight excluding hydrogens is 328 g/mol. The van der Waals surface area contributed by atoms with Crippen LogP contribution in [0.5, 0.6) is 0 Å². The van der Waals surface area contributed by atoms with E-state index in [0.717, 1.165) is 32.9 Å². The van der Waals surface area contributed by atoms with Crippen LogP contribution >= 0.6 is 22.9 Å². The first kappa shape index (κ1) is 14.7. The number of anilines is 1. The predicted octanol–water partition coefficient (Wildman–Crippen LogP) is 3.19. The van der Waals surface area contributed by atoms with E-state index in [9.17, 15) is 4.79 Å². The summed E-state index contributed by atoms with van der Waals surface area (Å²) in [6.45, 7) is 1.50. The van der Waals surface area contributed by atoms with Crippen LogP contribution in [0.25, 0.3) is 10.8 Å². The molecular formula is C18H16ClN2OS+. The van der Waals surface area contributed by atoms with Crippen LogP contribution in [0, 0.1) is 0 Å². The van der Waals surface area contributed by atoms with Gasteiger partial charge in [0.2, 0.25) is 0 Å². The van der Waals surface area contributed by atoms with E-state index in [1.54, 1.807) is 11.3 Å². The van der Waals surface area contributed by atoms with Gasteiger partial charge in [0.15, 0.2) is 6.67 Å². The van der Waals surface area contributed by atoms with Crippen LogP contribution in [0.2, 0.25) is 4.34 Å². The Morgan fingerprint density at radius 1 is 1.13 bits per heavy atom. The van der Waals surface area contributed by atoms with Gasteiger partial charge in [-0.2, -0.15) is 0 Å².